The molecule has 8 nitrogen and oxygen atoms in total. The molecule has 1 N–H and O–H groups in total. The lowest BCUT2D eigenvalue weighted by Crippen LogP contribution is -2.40. The first kappa shape index (κ1) is 17.8. The number of aromatic nitrogens is 2. The van der Waals surface area contributed by atoms with Crippen LogP contribution < -0.4 is 5.56 Å². The van der Waals surface area contributed by atoms with Gasteiger partial charge in [-0.3, -0.25) is 14.4 Å². The van der Waals surface area contributed by atoms with Gasteiger partial charge in [-0.05, 0) is 38.5 Å². The Morgan fingerprint density at radius 2 is 1.93 bits per heavy atom. The first-order valence-corrected chi connectivity index (χ1v) is 10.4. The van der Waals surface area contributed by atoms with Gasteiger partial charge in [-0.2, -0.15) is 0 Å². The summed E-state index contributed by atoms with van der Waals surface area (Å²) in [5.41, 5.74) is 1.33. The molecule has 2 saturated heterocycles. The molecule has 0 bridgehead atoms. The van der Waals surface area contributed by atoms with Crippen LogP contribution in [-0.4, -0.2) is 63.9 Å². The molecule has 1 saturated carbocycles. The highest BCUT2D eigenvalue weighted by atomic mass is 16.5. The predicted octanol–water partition coefficient (Wildman–Crippen LogP) is 0.559. The van der Waals surface area contributed by atoms with Crippen molar-refractivity contribution in [3.63, 3.8) is 0 Å². The number of H-pyrrole nitrogens is 1. The molecule has 1 aromatic rings. The van der Waals surface area contributed by atoms with Gasteiger partial charge in [0.2, 0.25) is 5.91 Å². The molecule has 4 heterocycles. The number of ether oxygens (including phenoxy) is 1. The Hall–Kier alpha value is -2.22. The zero-order valence-electron chi connectivity index (χ0n) is 16.0. The van der Waals surface area contributed by atoms with Crippen molar-refractivity contribution >= 4 is 11.8 Å². The van der Waals surface area contributed by atoms with Gasteiger partial charge in [0.1, 0.15) is 11.9 Å². The lowest BCUT2D eigenvalue weighted by molar-refractivity contribution is -0.139. The van der Waals surface area contributed by atoms with Gasteiger partial charge in [0.05, 0.1) is 12.2 Å². The van der Waals surface area contributed by atoms with E-state index in [1.807, 2.05) is 9.80 Å². The molecule has 8 heteroatoms. The van der Waals surface area contributed by atoms with Gasteiger partial charge in [0, 0.05) is 43.6 Å². The van der Waals surface area contributed by atoms with Gasteiger partial charge in [-0.25, -0.2) is 4.98 Å². The molecule has 3 fully saturated rings. The van der Waals surface area contributed by atoms with Gasteiger partial charge in [0.15, 0.2) is 0 Å². The minimum Gasteiger partial charge on any atom is -0.368 e. The summed E-state index contributed by atoms with van der Waals surface area (Å²) in [5, 5.41) is 0. The number of rotatable bonds is 3. The fraction of sp³-hybridized carbons (Fsp3) is 0.700. The number of hydrogen-bond acceptors (Lipinski definition) is 5. The Bertz CT molecular complexity index is 856. The van der Waals surface area contributed by atoms with Crippen LogP contribution in [0.1, 0.15) is 55.1 Å². The van der Waals surface area contributed by atoms with E-state index in [2.05, 4.69) is 4.98 Å². The molecule has 0 aromatic carbocycles. The molecule has 3 aliphatic heterocycles. The van der Waals surface area contributed by atoms with E-state index < -0.39 is 0 Å². The van der Waals surface area contributed by atoms with Crippen LogP contribution in [0.25, 0.3) is 0 Å². The Morgan fingerprint density at radius 1 is 1.07 bits per heavy atom. The van der Waals surface area contributed by atoms with Crippen molar-refractivity contribution in [3.05, 3.63) is 27.4 Å². The van der Waals surface area contributed by atoms with Gasteiger partial charge in [-0.15, -0.1) is 0 Å². The Kier molecular flexibility index (Phi) is 4.45. The minimum absolute atomic E-state index is 0.0258. The first-order chi connectivity index (χ1) is 13.6. The summed E-state index contributed by atoms with van der Waals surface area (Å²) in [4.78, 5) is 48.9. The third-order valence-electron chi connectivity index (χ3n) is 6.42. The van der Waals surface area contributed by atoms with Crippen molar-refractivity contribution in [2.75, 3.05) is 26.2 Å². The summed E-state index contributed by atoms with van der Waals surface area (Å²) in [6, 6.07) is 0. The van der Waals surface area contributed by atoms with Crippen LogP contribution in [0.15, 0.2) is 4.79 Å². The normalized spacial score (nSPS) is 27.1. The molecule has 5 rings (SSSR count). The van der Waals surface area contributed by atoms with Gasteiger partial charge in [0.25, 0.3) is 11.5 Å². The maximum atomic E-state index is 12.6. The average Bonchev–Trinajstić information content (AvgIpc) is 3.20. The number of hydrogen-bond donors (Lipinski definition) is 1. The Balaban J connectivity index is 1.32. The third-order valence-corrected chi connectivity index (χ3v) is 6.42. The lowest BCUT2D eigenvalue weighted by atomic mass is 10.0. The van der Waals surface area contributed by atoms with E-state index in [0.717, 1.165) is 37.8 Å². The molecule has 150 valence electrons. The number of nitrogens with one attached hydrogen (secondary N) is 1. The van der Waals surface area contributed by atoms with E-state index in [9.17, 15) is 14.4 Å². The number of fused-ring (bicyclic) bond motifs is 1. The van der Waals surface area contributed by atoms with Crippen molar-refractivity contribution in [3.8, 4) is 0 Å². The molecule has 0 radical (unpaired) electrons. The number of carbonyl (C=O) groups excluding carboxylic acids is 2. The van der Waals surface area contributed by atoms with Crippen LogP contribution in [0, 0.1) is 5.92 Å². The second-order valence-corrected chi connectivity index (χ2v) is 8.43. The van der Waals surface area contributed by atoms with Gasteiger partial charge in [-0.1, -0.05) is 0 Å². The largest absolute Gasteiger partial charge is 0.368 e. The number of aromatic amines is 1. The summed E-state index contributed by atoms with van der Waals surface area (Å²) in [6.45, 7) is 2.90. The zero-order chi connectivity index (χ0) is 19.3. The van der Waals surface area contributed by atoms with E-state index >= 15 is 0 Å². The highest BCUT2D eigenvalue weighted by Gasteiger charge is 2.37. The number of amides is 2. The molecule has 2 atom stereocenters. The molecule has 1 aromatic heterocycles. The molecule has 2 unspecified atom stereocenters. The van der Waals surface area contributed by atoms with Crippen molar-refractivity contribution in [1.82, 2.24) is 19.8 Å². The molecule has 1 aliphatic carbocycles. The van der Waals surface area contributed by atoms with Gasteiger partial charge < -0.3 is 19.5 Å². The molecule has 0 spiro atoms. The van der Waals surface area contributed by atoms with Crippen LogP contribution in [0.4, 0.5) is 0 Å². The highest BCUT2D eigenvalue weighted by molar-refractivity contribution is 5.82. The van der Waals surface area contributed by atoms with Crippen LogP contribution in [-0.2, 0) is 27.3 Å². The van der Waals surface area contributed by atoms with E-state index in [4.69, 9.17) is 9.72 Å². The van der Waals surface area contributed by atoms with Crippen molar-refractivity contribution in [1.29, 1.82) is 0 Å². The average molecular weight is 386 g/mol. The molecule has 2 amide bonds. The quantitative estimate of drug-likeness (QED) is 0.819. The zero-order valence-corrected chi connectivity index (χ0v) is 16.0. The predicted molar refractivity (Wildman–Crippen MR) is 99.6 cm³/mol. The molecule has 28 heavy (non-hydrogen) atoms. The van der Waals surface area contributed by atoms with Crippen LogP contribution in [0.5, 0.6) is 0 Å². The maximum Gasteiger partial charge on any atom is 0.254 e. The number of nitrogens with zero attached hydrogens (tertiary/aromatic N) is 3. The molecular weight excluding hydrogens is 360 g/mol. The molecular formula is C20H26N4O4. The third kappa shape index (κ3) is 3.23. The smallest absolute Gasteiger partial charge is 0.254 e. The van der Waals surface area contributed by atoms with E-state index in [1.54, 1.807) is 0 Å². The van der Waals surface area contributed by atoms with Gasteiger partial charge >= 0.3 is 0 Å². The summed E-state index contributed by atoms with van der Waals surface area (Å²) >= 11 is 0. The summed E-state index contributed by atoms with van der Waals surface area (Å²) in [7, 11) is 0. The van der Waals surface area contributed by atoms with E-state index in [-0.39, 0.29) is 35.3 Å². The monoisotopic (exact) mass is 386 g/mol. The summed E-state index contributed by atoms with van der Waals surface area (Å²) in [5.74, 6) is 1.10. The first-order valence-electron chi connectivity index (χ1n) is 10.4. The highest BCUT2D eigenvalue weighted by Crippen LogP contribution is 2.33. The fourth-order valence-electron chi connectivity index (χ4n) is 4.59. The lowest BCUT2D eigenvalue weighted by Gasteiger charge is -2.28. The van der Waals surface area contributed by atoms with Crippen molar-refractivity contribution < 1.29 is 14.3 Å². The van der Waals surface area contributed by atoms with Crippen LogP contribution >= 0.6 is 0 Å². The number of likely N-dealkylation sites (tertiary alicyclic amines) is 1. The standard InChI is InChI=1S/C20H26N4O4/c25-18-14-6-8-24(19(26)12-3-4-12)11-15(14)21-17(22-18)13-5-7-23(10-13)20(27)16-2-1-9-28-16/h12-13,16H,1-11H2,(H,21,22,25). The second kappa shape index (κ2) is 6.99. The van der Waals surface area contributed by atoms with Crippen molar-refractivity contribution in [2.24, 2.45) is 5.92 Å². The van der Waals surface area contributed by atoms with Crippen LogP contribution in [0.2, 0.25) is 0 Å². The Morgan fingerprint density at radius 3 is 2.68 bits per heavy atom. The summed E-state index contributed by atoms with van der Waals surface area (Å²) < 4.78 is 5.52. The summed E-state index contributed by atoms with van der Waals surface area (Å²) in [6.07, 6.45) is 4.72. The topological polar surface area (TPSA) is 95.6 Å². The van der Waals surface area contributed by atoms with Crippen molar-refractivity contribution in [2.45, 2.75) is 57.1 Å². The second-order valence-electron chi connectivity index (χ2n) is 8.43. The number of carbonyl (C=O) groups is 2. The Labute approximate surface area is 163 Å². The fourth-order valence-corrected chi connectivity index (χ4v) is 4.59. The van der Waals surface area contributed by atoms with E-state index in [1.165, 1.54) is 0 Å². The minimum atomic E-state index is -0.309. The molecule has 4 aliphatic rings. The van der Waals surface area contributed by atoms with E-state index in [0.29, 0.717) is 50.6 Å². The van der Waals surface area contributed by atoms with Crippen LogP contribution in [0.3, 0.4) is 0 Å². The SMILES string of the molecule is O=C(C1CC1)N1CCc2c(nc(C3CCN(C(=O)C4CCCO4)C3)[nH]c2=O)C1. The maximum absolute atomic E-state index is 12.6.